The molecular weight excluding hydrogens is 420 g/mol. The van der Waals surface area contributed by atoms with Gasteiger partial charge < -0.3 is 9.64 Å². The number of aryl methyl sites for hydroxylation is 1. The maximum absolute atomic E-state index is 13.4. The van der Waals surface area contributed by atoms with Crippen LogP contribution in [0.15, 0.2) is 75.6 Å². The normalized spacial score (nSPS) is 18.6. The average molecular weight is 440 g/mol. The zero-order chi connectivity index (χ0) is 22.1. The minimum absolute atomic E-state index is 0.332. The lowest BCUT2D eigenvalue weighted by atomic mass is 10.1. The van der Waals surface area contributed by atoms with E-state index in [0.717, 1.165) is 12.3 Å². The summed E-state index contributed by atoms with van der Waals surface area (Å²) in [6.45, 7) is 1.64. The molecule has 0 radical (unpaired) electrons. The summed E-state index contributed by atoms with van der Waals surface area (Å²) < 4.78 is 75.7. The molecular formula is C21H20F4N2O2S. The van der Waals surface area contributed by atoms with Crippen LogP contribution in [0.3, 0.4) is 0 Å². The monoisotopic (exact) mass is 440 g/mol. The first-order chi connectivity index (χ1) is 14.0. The summed E-state index contributed by atoms with van der Waals surface area (Å²) in [5.74, 6) is -0.109. The molecule has 0 spiro atoms. The first-order valence-electron chi connectivity index (χ1n) is 8.90. The number of hydrogen-bond donors (Lipinski definition) is 0. The third-order valence-electron chi connectivity index (χ3n) is 4.61. The highest BCUT2D eigenvalue weighted by Gasteiger charge is 2.36. The average Bonchev–Trinajstić information content (AvgIpc) is 2.69. The van der Waals surface area contributed by atoms with E-state index in [4.69, 9.17) is 4.74 Å². The van der Waals surface area contributed by atoms with Crippen LogP contribution >= 0.6 is 0 Å². The van der Waals surface area contributed by atoms with Crippen LogP contribution in [0.1, 0.15) is 5.56 Å². The summed E-state index contributed by atoms with van der Waals surface area (Å²) >= 11 is 0. The quantitative estimate of drug-likeness (QED) is 0.594. The molecule has 0 fully saturated rings. The lowest BCUT2D eigenvalue weighted by Gasteiger charge is -2.33. The molecule has 30 heavy (non-hydrogen) atoms. The SMILES string of the molecule is CN=S(C)(=O)c1cccc(N2C=C(C(F)(F)F)C=CC2Oc2ccc(F)cc2C)c1. The predicted octanol–water partition coefficient (Wildman–Crippen LogP) is 5.45. The molecule has 2 aromatic carbocycles. The summed E-state index contributed by atoms with van der Waals surface area (Å²) in [6, 6.07) is 10.2. The van der Waals surface area contributed by atoms with E-state index in [1.165, 1.54) is 48.5 Å². The number of anilines is 1. The van der Waals surface area contributed by atoms with Gasteiger partial charge in [0.15, 0.2) is 6.23 Å². The maximum atomic E-state index is 13.4. The molecule has 0 aromatic heterocycles. The van der Waals surface area contributed by atoms with Crippen LogP contribution in [0.2, 0.25) is 0 Å². The second-order valence-electron chi connectivity index (χ2n) is 6.75. The van der Waals surface area contributed by atoms with Crippen molar-refractivity contribution in [3.05, 3.63) is 77.8 Å². The number of alkyl halides is 3. The molecule has 0 bridgehead atoms. The molecule has 0 amide bonds. The standard InChI is InChI=1S/C21H20F4N2O2S/c1-14-11-16(22)8-9-19(14)29-20-10-7-15(21(23,24)25)13-27(20)17-5-4-6-18(12-17)30(3,28)26-2/h4-13,20H,1-3H3. The highest BCUT2D eigenvalue weighted by molar-refractivity contribution is 7.93. The van der Waals surface area contributed by atoms with Crippen LogP contribution in [0.25, 0.3) is 0 Å². The summed E-state index contributed by atoms with van der Waals surface area (Å²) in [4.78, 5) is 1.68. The summed E-state index contributed by atoms with van der Waals surface area (Å²) in [5, 5.41) is 0. The van der Waals surface area contributed by atoms with E-state index >= 15 is 0 Å². The Balaban J connectivity index is 2.05. The lowest BCUT2D eigenvalue weighted by molar-refractivity contribution is -0.0888. The van der Waals surface area contributed by atoms with Gasteiger partial charge in [-0.05, 0) is 61.0 Å². The third kappa shape index (κ3) is 4.67. The largest absolute Gasteiger partial charge is 0.466 e. The van der Waals surface area contributed by atoms with Gasteiger partial charge in [0.2, 0.25) is 0 Å². The molecule has 4 nitrogen and oxygen atoms in total. The topological polar surface area (TPSA) is 41.9 Å². The Morgan fingerprint density at radius 2 is 1.90 bits per heavy atom. The van der Waals surface area contributed by atoms with Crippen LogP contribution < -0.4 is 9.64 Å². The van der Waals surface area contributed by atoms with E-state index in [9.17, 15) is 21.8 Å². The van der Waals surface area contributed by atoms with Crippen molar-refractivity contribution in [1.82, 2.24) is 0 Å². The van der Waals surface area contributed by atoms with Crippen molar-refractivity contribution in [1.29, 1.82) is 0 Å². The number of ether oxygens (including phenoxy) is 1. The van der Waals surface area contributed by atoms with E-state index < -0.39 is 33.5 Å². The molecule has 0 saturated heterocycles. The number of hydrogen-bond acceptors (Lipinski definition) is 4. The Hall–Kier alpha value is -2.81. The summed E-state index contributed by atoms with van der Waals surface area (Å²) in [7, 11) is -1.26. The number of nitrogens with zero attached hydrogens (tertiary/aromatic N) is 2. The minimum Gasteiger partial charge on any atom is -0.466 e. The van der Waals surface area contributed by atoms with Gasteiger partial charge >= 0.3 is 6.18 Å². The molecule has 2 unspecified atom stereocenters. The van der Waals surface area contributed by atoms with Crippen molar-refractivity contribution >= 4 is 15.4 Å². The van der Waals surface area contributed by atoms with Crippen molar-refractivity contribution < 1.29 is 26.5 Å². The van der Waals surface area contributed by atoms with Gasteiger partial charge in [0.25, 0.3) is 0 Å². The molecule has 9 heteroatoms. The minimum atomic E-state index is -4.56. The molecule has 1 heterocycles. The smallest absolute Gasteiger partial charge is 0.417 e. The molecule has 2 atom stereocenters. The van der Waals surface area contributed by atoms with Crippen LogP contribution in [0.5, 0.6) is 5.75 Å². The van der Waals surface area contributed by atoms with Crippen molar-refractivity contribution in [2.75, 3.05) is 18.2 Å². The van der Waals surface area contributed by atoms with Gasteiger partial charge in [0.1, 0.15) is 11.6 Å². The molecule has 2 aromatic rings. The van der Waals surface area contributed by atoms with Crippen LogP contribution in [0.4, 0.5) is 23.2 Å². The van der Waals surface area contributed by atoms with Crippen LogP contribution in [-0.4, -0.2) is 29.9 Å². The van der Waals surface area contributed by atoms with Gasteiger partial charge in [-0.1, -0.05) is 6.07 Å². The Labute approximate surface area is 172 Å². The number of halogens is 4. The van der Waals surface area contributed by atoms with E-state index in [0.29, 0.717) is 21.9 Å². The zero-order valence-corrected chi connectivity index (χ0v) is 17.3. The fraction of sp³-hybridized carbons (Fsp3) is 0.238. The van der Waals surface area contributed by atoms with Crippen LogP contribution in [-0.2, 0) is 9.73 Å². The molecule has 160 valence electrons. The first kappa shape index (κ1) is 21.9. The Kier molecular flexibility index (Phi) is 5.94. The van der Waals surface area contributed by atoms with E-state index in [-0.39, 0.29) is 0 Å². The van der Waals surface area contributed by atoms with Crippen molar-refractivity contribution in [3.8, 4) is 5.75 Å². The predicted molar refractivity (Wildman–Crippen MR) is 108 cm³/mol. The Bertz CT molecular complexity index is 1130. The molecule has 3 rings (SSSR count). The summed E-state index contributed by atoms with van der Waals surface area (Å²) in [6.07, 6.45) is -0.889. The van der Waals surface area contributed by atoms with Gasteiger partial charge in [-0.25, -0.2) is 13.0 Å². The maximum Gasteiger partial charge on any atom is 0.417 e. The lowest BCUT2D eigenvalue weighted by Crippen LogP contribution is -2.37. The molecule has 0 saturated carbocycles. The van der Waals surface area contributed by atoms with E-state index in [2.05, 4.69) is 4.36 Å². The number of allylic oxidation sites excluding steroid dienone is 2. The first-order valence-corrected chi connectivity index (χ1v) is 10.8. The Morgan fingerprint density at radius 1 is 1.17 bits per heavy atom. The number of benzene rings is 2. The van der Waals surface area contributed by atoms with Crippen LogP contribution in [0, 0.1) is 12.7 Å². The molecule has 0 aliphatic carbocycles. The molecule has 1 aliphatic heterocycles. The fourth-order valence-electron chi connectivity index (χ4n) is 2.89. The highest BCUT2D eigenvalue weighted by atomic mass is 32.2. The van der Waals surface area contributed by atoms with E-state index in [1.54, 1.807) is 25.1 Å². The van der Waals surface area contributed by atoms with Gasteiger partial charge in [0.05, 0.1) is 15.3 Å². The van der Waals surface area contributed by atoms with Crippen molar-refractivity contribution in [2.24, 2.45) is 4.36 Å². The number of rotatable bonds is 4. The second kappa shape index (κ2) is 8.14. The molecule has 0 N–H and O–H groups in total. The third-order valence-corrected chi connectivity index (χ3v) is 6.43. The fourth-order valence-corrected chi connectivity index (χ4v) is 3.77. The van der Waals surface area contributed by atoms with Crippen molar-refractivity contribution in [3.63, 3.8) is 0 Å². The molecule has 1 aliphatic rings. The Morgan fingerprint density at radius 3 is 2.53 bits per heavy atom. The highest BCUT2D eigenvalue weighted by Crippen LogP contribution is 2.34. The van der Waals surface area contributed by atoms with Gasteiger partial charge in [-0.15, -0.1) is 0 Å². The summed E-state index contributed by atoms with van der Waals surface area (Å²) in [5.41, 5.74) is -0.00774. The van der Waals surface area contributed by atoms with Crippen molar-refractivity contribution in [2.45, 2.75) is 24.2 Å². The van der Waals surface area contributed by atoms with Gasteiger partial charge in [-0.2, -0.15) is 13.2 Å². The second-order valence-corrected chi connectivity index (χ2v) is 9.19. The van der Waals surface area contributed by atoms with Gasteiger partial charge in [0, 0.05) is 30.1 Å². The zero-order valence-electron chi connectivity index (χ0n) is 16.5. The van der Waals surface area contributed by atoms with E-state index in [1.807, 2.05) is 0 Å². The van der Waals surface area contributed by atoms with Gasteiger partial charge in [-0.3, -0.25) is 0 Å².